The Morgan fingerprint density at radius 3 is 2.09 bits per heavy atom. The van der Waals surface area contributed by atoms with Crippen molar-refractivity contribution in [3.63, 3.8) is 0 Å². The van der Waals surface area contributed by atoms with Gasteiger partial charge in [0.05, 0.1) is 23.9 Å². The number of nitrogens with zero attached hydrogens (tertiary/aromatic N) is 5. The molecular formula is C16H7BrN6. The van der Waals surface area contributed by atoms with Crippen LogP contribution in [0.25, 0.3) is 0 Å². The Labute approximate surface area is 141 Å². The van der Waals surface area contributed by atoms with Crippen LogP contribution < -0.4 is 5.73 Å². The molecule has 2 atom stereocenters. The van der Waals surface area contributed by atoms with Crippen LogP contribution in [0.5, 0.6) is 0 Å². The van der Waals surface area contributed by atoms with Crippen LogP contribution in [0, 0.1) is 67.5 Å². The van der Waals surface area contributed by atoms with Crippen LogP contribution >= 0.6 is 15.9 Å². The minimum Gasteiger partial charge on any atom is -0.399 e. The summed E-state index contributed by atoms with van der Waals surface area (Å²) in [5.41, 5.74) is 2.18. The maximum absolute atomic E-state index is 9.67. The molecule has 0 amide bonds. The first-order valence-corrected chi connectivity index (χ1v) is 7.08. The van der Waals surface area contributed by atoms with Gasteiger partial charge in [-0.15, -0.1) is 0 Å². The first-order valence-electron chi connectivity index (χ1n) is 6.28. The second-order valence-corrected chi connectivity index (χ2v) is 5.87. The van der Waals surface area contributed by atoms with Gasteiger partial charge in [0.2, 0.25) is 0 Å². The Morgan fingerprint density at radius 2 is 1.65 bits per heavy atom. The highest BCUT2D eigenvalue weighted by Gasteiger charge is 2.82. The van der Waals surface area contributed by atoms with E-state index in [1.165, 1.54) is 0 Å². The zero-order valence-corrected chi connectivity index (χ0v) is 13.2. The first-order chi connectivity index (χ1) is 11.0. The van der Waals surface area contributed by atoms with Gasteiger partial charge in [-0.25, -0.2) is 0 Å². The van der Waals surface area contributed by atoms with Crippen LogP contribution in [0.4, 0.5) is 0 Å². The van der Waals surface area contributed by atoms with Crippen molar-refractivity contribution >= 4 is 15.9 Å². The highest BCUT2D eigenvalue weighted by atomic mass is 79.9. The Morgan fingerprint density at radius 1 is 1.04 bits per heavy atom. The van der Waals surface area contributed by atoms with Crippen molar-refractivity contribution in [1.82, 2.24) is 0 Å². The number of hydrogen-bond donors (Lipinski definition) is 1. The standard InChI is InChI=1S/C16H7BrN6/c17-12-3-1-2-10(4-12)13-15(7-20,8-21)16(13,9-22)14(23)11(5-18)6-19/h1-4,13H,23H2. The lowest BCUT2D eigenvalue weighted by Crippen LogP contribution is -2.20. The Balaban J connectivity index is 2.80. The molecule has 0 saturated heterocycles. The van der Waals surface area contributed by atoms with Gasteiger partial charge in [0, 0.05) is 10.4 Å². The van der Waals surface area contributed by atoms with Crippen LogP contribution in [0.2, 0.25) is 0 Å². The van der Waals surface area contributed by atoms with Gasteiger partial charge < -0.3 is 5.73 Å². The van der Waals surface area contributed by atoms with Crippen LogP contribution in [0.3, 0.4) is 0 Å². The van der Waals surface area contributed by atoms with Gasteiger partial charge in [-0.05, 0) is 17.7 Å². The lowest BCUT2D eigenvalue weighted by Gasteiger charge is -2.09. The third-order valence-electron chi connectivity index (χ3n) is 4.03. The summed E-state index contributed by atoms with van der Waals surface area (Å²) in [6.07, 6.45) is 0. The number of hydrogen-bond acceptors (Lipinski definition) is 6. The molecule has 1 aliphatic rings. The van der Waals surface area contributed by atoms with Crippen LogP contribution in [-0.2, 0) is 0 Å². The zero-order chi connectivity index (χ0) is 17.3. The van der Waals surface area contributed by atoms with E-state index in [-0.39, 0.29) is 5.70 Å². The number of nitriles is 5. The number of halogens is 1. The molecule has 0 aliphatic heterocycles. The molecule has 2 rings (SSSR count). The predicted octanol–water partition coefficient (Wildman–Crippen LogP) is 2.35. The maximum atomic E-state index is 9.67. The van der Waals surface area contributed by atoms with E-state index >= 15 is 0 Å². The molecule has 0 radical (unpaired) electrons. The first kappa shape index (κ1) is 16.1. The largest absolute Gasteiger partial charge is 0.399 e. The van der Waals surface area contributed by atoms with E-state index in [1.54, 1.807) is 36.4 Å². The highest BCUT2D eigenvalue weighted by molar-refractivity contribution is 9.10. The van der Waals surface area contributed by atoms with Crippen molar-refractivity contribution in [1.29, 1.82) is 26.3 Å². The third-order valence-corrected chi connectivity index (χ3v) is 4.53. The summed E-state index contributed by atoms with van der Waals surface area (Å²) in [6, 6.07) is 15.7. The van der Waals surface area contributed by atoms with E-state index in [9.17, 15) is 15.8 Å². The van der Waals surface area contributed by atoms with E-state index in [0.717, 1.165) is 0 Å². The summed E-state index contributed by atoms with van der Waals surface area (Å²) in [6.45, 7) is 0. The van der Waals surface area contributed by atoms with E-state index in [0.29, 0.717) is 10.0 Å². The molecule has 6 nitrogen and oxygen atoms in total. The molecule has 1 aromatic carbocycles. The molecule has 1 saturated carbocycles. The lowest BCUT2D eigenvalue weighted by atomic mass is 9.90. The molecular weight excluding hydrogens is 356 g/mol. The average Bonchev–Trinajstić information content (AvgIpc) is 3.19. The smallest absolute Gasteiger partial charge is 0.177 e. The van der Waals surface area contributed by atoms with Crippen molar-refractivity contribution in [3.8, 4) is 30.3 Å². The normalized spacial score (nSPS) is 23.0. The molecule has 2 N–H and O–H groups in total. The van der Waals surface area contributed by atoms with E-state index in [4.69, 9.17) is 16.3 Å². The van der Waals surface area contributed by atoms with Crippen LogP contribution in [0.15, 0.2) is 40.0 Å². The molecule has 1 aliphatic carbocycles. The minimum absolute atomic E-state index is 0.335. The molecule has 23 heavy (non-hydrogen) atoms. The number of allylic oxidation sites excluding steroid dienone is 2. The van der Waals surface area contributed by atoms with Crippen LogP contribution in [-0.4, -0.2) is 0 Å². The van der Waals surface area contributed by atoms with Crippen molar-refractivity contribution < 1.29 is 0 Å². The van der Waals surface area contributed by atoms with Gasteiger partial charge >= 0.3 is 0 Å². The predicted molar refractivity (Wildman–Crippen MR) is 81.0 cm³/mol. The zero-order valence-electron chi connectivity index (χ0n) is 11.6. The molecule has 1 fully saturated rings. The molecule has 0 heterocycles. The van der Waals surface area contributed by atoms with E-state index < -0.39 is 22.3 Å². The molecule has 0 bridgehead atoms. The third kappa shape index (κ3) is 1.88. The van der Waals surface area contributed by atoms with Gasteiger partial charge in [-0.2, -0.15) is 26.3 Å². The summed E-state index contributed by atoms with van der Waals surface area (Å²) in [4.78, 5) is 0. The number of nitrogens with two attached hydrogens (primary N) is 1. The monoisotopic (exact) mass is 362 g/mol. The Bertz CT molecular complexity index is 898. The molecule has 0 aromatic heterocycles. The molecule has 2 unspecified atom stereocenters. The minimum atomic E-state index is -1.74. The van der Waals surface area contributed by atoms with E-state index in [2.05, 4.69) is 15.9 Å². The van der Waals surface area contributed by atoms with Crippen molar-refractivity contribution in [3.05, 3.63) is 45.6 Å². The quantitative estimate of drug-likeness (QED) is 0.798. The summed E-state index contributed by atoms with van der Waals surface area (Å²) >= 11 is 3.30. The van der Waals surface area contributed by atoms with Gasteiger partial charge in [0.15, 0.2) is 5.41 Å². The number of rotatable bonds is 2. The van der Waals surface area contributed by atoms with Crippen molar-refractivity contribution in [2.45, 2.75) is 5.92 Å². The lowest BCUT2D eigenvalue weighted by molar-refractivity contribution is 0.660. The second kappa shape index (κ2) is 5.47. The Kier molecular flexibility index (Phi) is 3.82. The fourth-order valence-corrected chi connectivity index (χ4v) is 3.33. The summed E-state index contributed by atoms with van der Waals surface area (Å²) in [7, 11) is 0. The maximum Gasteiger partial charge on any atom is 0.177 e. The molecule has 0 spiro atoms. The topological polar surface area (TPSA) is 145 Å². The van der Waals surface area contributed by atoms with Crippen molar-refractivity contribution in [2.24, 2.45) is 16.6 Å². The summed E-state index contributed by atoms with van der Waals surface area (Å²) in [5, 5.41) is 46.7. The van der Waals surface area contributed by atoms with Gasteiger partial charge in [-0.1, -0.05) is 28.1 Å². The SMILES string of the molecule is N#CC(C#N)=C(N)C1(C#N)C(c2cccc(Br)c2)C1(C#N)C#N. The summed E-state index contributed by atoms with van der Waals surface area (Å²) < 4.78 is 0.710. The molecule has 7 heteroatoms. The van der Waals surface area contributed by atoms with Gasteiger partial charge in [-0.3, -0.25) is 0 Å². The Hall–Kier alpha value is -3.31. The molecule has 1 aromatic rings. The fraction of sp³-hybridized carbons (Fsp3) is 0.188. The van der Waals surface area contributed by atoms with Crippen molar-refractivity contribution in [2.75, 3.05) is 0 Å². The van der Waals surface area contributed by atoms with Crippen LogP contribution in [0.1, 0.15) is 11.5 Å². The highest BCUT2D eigenvalue weighted by Crippen LogP contribution is 2.76. The number of benzene rings is 1. The second-order valence-electron chi connectivity index (χ2n) is 4.95. The van der Waals surface area contributed by atoms with Gasteiger partial charge in [0.1, 0.15) is 23.1 Å². The van der Waals surface area contributed by atoms with Gasteiger partial charge in [0.25, 0.3) is 0 Å². The molecule has 108 valence electrons. The fourth-order valence-electron chi connectivity index (χ4n) is 2.91. The average molecular weight is 363 g/mol. The summed E-state index contributed by atoms with van der Waals surface area (Å²) in [5.74, 6) is -0.843. The van der Waals surface area contributed by atoms with E-state index in [1.807, 2.05) is 18.2 Å².